The Hall–Kier alpha value is -1.75. The van der Waals surface area contributed by atoms with Crippen molar-refractivity contribution in [2.45, 2.75) is 39.2 Å². The Kier molecular flexibility index (Phi) is 6.31. The molecule has 0 heterocycles. The van der Waals surface area contributed by atoms with Gasteiger partial charge >= 0.3 is 6.09 Å². The SMILES string of the molecule is CCCOC(=O)Nc1ccc(OC(C)(C)CCO)cc1. The molecule has 112 valence electrons. The maximum Gasteiger partial charge on any atom is 0.411 e. The van der Waals surface area contributed by atoms with Gasteiger partial charge in [0.25, 0.3) is 0 Å². The average molecular weight is 281 g/mol. The van der Waals surface area contributed by atoms with Crippen LogP contribution < -0.4 is 10.1 Å². The first-order valence-electron chi connectivity index (χ1n) is 6.80. The molecule has 1 aromatic rings. The molecule has 0 aliphatic heterocycles. The van der Waals surface area contributed by atoms with Gasteiger partial charge in [-0.2, -0.15) is 0 Å². The summed E-state index contributed by atoms with van der Waals surface area (Å²) in [5.74, 6) is 0.691. The lowest BCUT2D eigenvalue weighted by molar-refractivity contribution is 0.0765. The fourth-order valence-corrected chi connectivity index (χ4v) is 1.59. The standard InChI is InChI=1S/C15H23NO4/c1-4-11-19-14(18)16-12-5-7-13(8-6-12)20-15(2,3)9-10-17/h5-8,17H,4,9-11H2,1-3H3,(H,16,18). The molecule has 0 saturated heterocycles. The van der Waals surface area contributed by atoms with E-state index < -0.39 is 11.7 Å². The Morgan fingerprint density at radius 3 is 2.50 bits per heavy atom. The van der Waals surface area contributed by atoms with Crippen LogP contribution in [0.4, 0.5) is 10.5 Å². The number of carbonyl (C=O) groups is 1. The van der Waals surface area contributed by atoms with Crippen molar-refractivity contribution in [2.24, 2.45) is 0 Å². The topological polar surface area (TPSA) is 67.8 Å². The minimum absolute atomic E-state index is 0.0793. The monoisotopic (exact) mass is 281 g/mol. The van der Waals surface area contributed by atoms with Crippen LogP contribution in [0.2, 0.25) is 0 Å². The maximum atomic E-state index is 11.4. The Balaban J connectivity index is 2.54. The van der Waals surface area contributed by atoms with Gasteiger partial charge in [-0.3, -0.25) is 5.32 Å². The van der Waals surface area contributed by atoms with E-state index in [9.17, 15) is 4.79 Å². The molecule has 2 N–H and O–H groups in total. The van der Waals surface area contributed by atoms with E-state index in [2.05, 4.69) is 5.32 Å². The molecule has 0 aromatic heterocycles. The Morgan fingerprint density at radius 1 is 1.30 bits per heavy atom. The second kappa shape index (κ2) is 7.75. The fourth-order valence-electron chi connectivity index (χ4n) is 1.59. The highest BCUT2D eigenvalue weighted by Crippen LogP contribution is 2.22. The number of amides is 1. The minimum atomic E-state index is -0.457. The summed E-state index contributed by atoms with van der Waals surface area (Å²) in [6.45, 7) is 6.25. The summed E-state index contributed by atoms with van der Waals surface area (Å²) in [5, 5.41) is 11.6. The first-order chi connectivity index (χ1) is 9.46. The number of hydrogen-bond donors (Lipinski definition) is 2. The van der Waals surface area contributed by atoms with Crippen molar-refractivity contribution >= 4 is 11.8 Å². The zero-order valence-corrected chi connectivity index (χ0v) is 12.3. The van der Waals surface area contributed by atoms with Gasteiger partial charge in [0.05, 0.1) is 6.61 Å². The minimum Gasteiger partial charge on any atom is -0.488 e. The highest BCUT2D eigenvalue weighted by Gasteiger charge is 2.18. The fraction of sp³-hybridized carbons (Fsp3) is 0.533. The van der Waals surface area contributed by atoms with E-state index in [1.165, 1.54) is 0 Å². The van der Waals surface area contributed by atoms with Crippen LogP contribution in [0.15, 0.2) is 24.3 Å². The number of ether oxygens (including phenoxy) is 2. The number of aliphatic hydroxyl groups is 1. The molecule has 1 rings (SSSR count). The molecule has 0 radical (unpaired) electrons. The third kappa shape index (κ3) is 5.93. The molecule has 0 spiro atoms. The van der Waals surface area contributed by atoms with Gasteiger partial charge in [-0.1, -0.05) is 6.92 Å². The number of hydrogen-bond acceptors (Lipinski definition) is 4. The molecular formula is C15H23NO4. The summed E-state index contributed by atoms with van der Waals surface area (Å²) in [7, 11) is 0. The first kappa shape index (κ1) is 16.3. The van der Waals surface area contributed by atoms with Crippen LogP contribution in [0, 0.1) is 0 Å². The second-order valence-corrected chi connectivity index (χ2v) is 5.12. The van der Waals surface area contributed by atoms with E-state index in [4.69, 9.17) is 14.6 Å². The molecule has 0 aliphatic rings. The third-order valence-electron chi connectivity index (χ3n) is 2.65. The largest absolute Gasteiger partial charge is 0.488 e. The second-order valence-electron chi connectivity index (χ2n) is 5.12. The van der Waals surface area contributed by atoms with E-state index in [1.807, 2.05) is 20.8 Å². The van der Waals surface area contributed by atoms with Crippen molar-refractivity contribution in [1.29, 1.82) is 0 Å². The molecule has 0 saturated carbocycles. The van der Waals surface area contributed by atoms with Crippen molar-refractivity contribution in [3.63, 3.8) is 0 Å². The molecule has 0 unspecified atom stereocenters. The van der Waals surface area contributed by atoms with E-state index in [-0.39, 0.29) is 6.61 Å². The average Bonchev–Trinajstić information content (AvgIpc) is 2.38. The Bertz CT molecular complexity index is 414. The van der Waals surface area contributed by atoms with Crippen LogP contribution in [0.1, 0.15) is 33.6 Å². The van der Waals surface area contributed by atoms with Crippen LogP contribution in [-0.2, 0) is 4.74 Å². The number of anilines is 1. The van der Waals surface area contributed by atoms with E-state index in [1.54, 1.807) is 24.3 Å². The predicted octanol–water partition coefficient (Wildman–Crippen LogP) is 3.18. The summed E-state index contributed by atoms with van der Waals surface area (Å²) in [4.78, 5) is 11.4. The maximum absolute atomic E-state index is 11.4. The van der Waals surface area contributed by atoms with Gasteiger partial charge in [-0.05, 0) is 44.5 Å². The summed E-state index contributed by atoms with van der Waals surface area (Å²) in [6.07, 6.45) is 0.886. The van der Waals surface area contributed by atoms with Crippen molar-refractivity contribution in [1.82, 2.24) is 0 Å². The van der Waals surface area contributed by atoms with Crippen LogP contribution >= 0.6 is 0 Å². The number of benzene rings is 1. The van der Waals surface area contributed by atoms with Crippen molar-refractivity contribution in [2.75, 3.05) is 18.5 Å². The van der Waals surface area contributed by atoms with Gasteiger partial charge in [0, 0.05) is 18.7 Å². The van der Waals surface area contributed by atoms with Crippen LogP contribution in [-0.4, -0.2) is 30.0 Å². The van der Waals surface area contributed by atoms with Gasteiger partial charge in [0.1, 0.15) is 11.4 Å². The molecule has 5 heteroatoms. The van der Waals surface area contributed by atoms with Gasteiger partial charge < -0.3 is 14.6 Å². The van der Waals surface area contributed by atoms with Crippen LogP contribution in [0.25, 0.3) is 0 Å². The summed E-state index contributed by atoms with van der Waals surface area (Å²) in [5.41, 5.74) is 0.224. The summed E-state index contributed by atoms with van der Waals surface area (Å²) < 4.78 is 10.7. The lowest BCUT2D eigenvalue weighted by Crippen LogP contribution is -2.29. The molecule has 0 bridgehead atoms. The van der Waals surface area contributed by atoms with E-state index in [0.717, 1.165) is 6.42 Å². The molecule has 5 nitrogen and oxygen atoms in total. The molecule has 0 aliphatic carbocycles. The molecule has 0 atom stereocenters. The van der Waals surface area contributed by atoms with Crippen LogP contribution in [0.3, 0.4) is 0 Å². The summed E-state index contributed by atoms with van der Waals surface area (Å²) in [6, 6.07) is 7.04. The predicted molar refractivity (Wildman–Crippen MR) is 78.1 cm³/mol. The quantitative estimate of drug-likeness (QED) is 0.805. The zero-order chi connectivity index (χ0) is 15.0. The van der Waals surface area contributed by atoms with E-state index >= 15 is 0 Å². The van der Waals surface area contributed by atoms with Crippen molar-refractivity contribution < 1.29 is 19.4 Å². The highest BCUT2D eigenvalue weighted by atomic mass is 16.5. The third-order valence-corrected chi connectivity index (χ3v) is 2.65. The van der Waals surface area contributed by atoms with Gasteiger partial charge in [-0.15, -0.1) is 0 Å². The number of carbonyl (C=O) groups excluding carboxylic acids is 1. The van der Waals surface area contributed by atoms with Crippen molar-refractivity contribution in [3.8, 4) is 5.75 Å². The molecule has 0 fully saturated rings. The van der Waals surface area contributed by atoms with Gasteiger partial charge in [0.15, 0.2) is 0 Å². The zero-order valence-electron chi connectivity index (χ0n) is 12.3. The van der Waals surface area contributed by atoms with E-state index in [0.29, 0.717) is 24.5 Å². The lowest BCUT2D eigenvalue weighted by Gasteiger charge is -2.25. The van der Waals surface area contributed by atoms with Crippen molar-refractivity contribution in [3.05, 3.63) is 24.3 Å². The molecular weight excluding hydrogens is 258 g/mol. The number of rotatable bonds is 7. The lowest BCUT2D eigenvalue weighted by atomic mass is 10.1. The van der Waals surface area contributed by atoms with Gasteiger partial charge in [0.2, 0.25) is 0 Å². The molecule has 1 aromatic carbocycles. The highest BCUT2D eigenvalue weighted by molar-refractivity contribution is 5.84. The normalized spacial score (nSPS) is 11.0. The summed E-state index contributed by atoms with van der Waals surface area (Å²) >= 11 is 0. The Morgan fingerprint density at radius 2 is 1.95 bits per heavy atom. The number of aliphatic hydroxyl groups excluding tert-OH is 1. The van der Waals surface area contributed by atoms with Gasteiger partial charge in [-0.25, -0.2) is 4.79 Å². The smallest absolute Gasteiger partial charge is 0.411 e. The molecule has 20 heavy (non-hydrogen) atoms. The number of nitrogens with one attached hydrogen (secondary N) is 1. The van der Waals surface area contributed by atoms with Crippen LogP contribution in [0.5, 0.6) is 5.75 Å². The Labute approximate surface area is 119 Å². The molecule has 1 amide bonds. The first-order valence-corrected chi connectivity index (χ1v) is 6.80.